The fraction of sp³-hybridized carbons (Fsp3) is 0.533. The van der Waals surface area contributed by atoms with Crippen molar-refractivity contribution in [2.45, 2.75) is 25.8 Å². The number of carboxylic acids is 1. The van der Waals surface area contributed by atoms with E-state index in [0.717, 1.165) is 25.9 Å². The summed E-state index contributed by atoms with van der Waals surface area (Å²) in [6, 6.07) is 6.90. The molecule has 0 spiro atoms. The van der Waals surface area contributed by atoms with E-state index in [-0.39, 0.29) is 5.92 Å². The first-order valence-corrected chi connectivity index (χ1v) is 7.61. The third-order valence-corrected chi connectivity index (χ3v) is 5.40. The van der Waals surface area contributed by atoms with Crippen molar-refractivity contribution in [1.82, 2.24) is 4.90 Å². The molecule has 102 valence electrons. The molecule has 2 aliphatic rings. The summed E-state index contributed by atoms with van der Waals surface area (Å²) in [6.07, 6.45) is 2.28. The number of halogens is 1. The van der Waals surface area contributed by atoms with Crippen molar-refractivity contribution in [3.05, 3.63) is 33.8 Å². The SMILES string of the molecule is CC(C(=O)O)C1CN(C2CCc3c(Br)cccc32)C1. The molecule has 1 aromatic rings. The van der Waals surface area contributed by atoms with E-state index < -0.39 is 5.97 Å². The Labute approximate surface area is 121 Å². The van der Waals surface area contributed by atoms with Crippen molar-refractivity contribution >= 4 is 21.9 Å². The molecule has 2 unspecified atom stereocenters. The monoisotopic (exact) mass is 323 g/mol. The zero-order chi connectivity index (χ0) is 13.6. The van der Waals surface area contributed by atoms with Crippen molar-refractivity contribution in [3.63, 3.8) is 0 Å². The van der Waals surface area contributed by atoms with Crippen molar-refractivity contribution in [3.8, 4) is 0 Å². The van der Waals surface area contributed by atoms with Gasteiger partial charge in [0.25, 0.3) is 0 Å². The van der Waals surface area contributed by atoms with Crippen LogP contribution in [0.4, 0.5) is 0 Å². The van der Waals surface area contributed by atoms with Gasteiger partial charge in [-0.25, -0.2) is 0 Å². The van der Waals surface area contributed by atoms with Crippen molar-refractivity contribution in [2.24, 2.45) is 11.8 Å². The molecule has 1 fully saturated rings. The molecule has 2 atom stereocenters. The summed E-state index contributed by atoms with van der Waals surface area (Å²) in [5.41, 5.74) is 2.86. The van der Waals surface area contributed by atoms with Gasteiger partial charge in [0.15, 0.2) is 0 Å². The first kappa shape index (κ1) is 13.1. The Hall–Kier alpha value is -0.870. The summed E-state index contributed by atoms with van der Waals surface area (Å²) in [6.45, 7) is 3.66. The maximum atomic E-state index is 11.0. The Morgan fingerprint density at radius 3 is 2.89 bits per heavy atom. The number of carboxylic acid groups (broad SMARTS) is 1. The third kappa shape index (κ3) is 2.21. The van der Waals surface area contributed by atoms with Gasteiger partial charge in [-0.3, -0.25) is 9.69 Å². The number of benzene rings is 1. The quantitative estimate of drug-likeness (QED) is 0.929. The maximum absolute atomic E-state index is 11.0. The van der Waals surface area contributed by atoms with Crippen LogP contribution in [0.25, 0.3) is 0 Å². The summed E-state index contributed by atoms with van der Waals surface area (Å²) in [4.78, 5) is 13.4. The standard InChI is InChI=1S/C15H18BrNO2/c1-9(15(18)19)10-7-17(8-10)14-6-5-11-12(14)3-2-4-13(11)16/h2-4,9-10,14H,5-8H2,1H3,(H,18,19). The minimum absolute atomic E-state index is 0.223. The zero-order valence-electron chi connectivity index (χ0n) is 11.0. The molecule has 1 aromatic carbocycles. The fourth-order valence-electron chi connectivity index (χ4n) is 3.29. The van der Waals surface area contributed by atoms with Crippen LogP contribution in [-0.4, -0.2) is 29.1 Å². The average Bonchev–Trinajstić information content (AvgIpc) is 2.72. The Balaban J connectivity index is 1.69. The topological polar surface area (TPSA) is 40.5 Å². The van der Waals surface area contributed by atoms with Gasteiger partial charge < -0.3 is 5.11 Å². The summed E-state index contributed by atoms with van der Waals surface area (Å²) >= 11 is 3.62. The van der Waals surface area contributed by atoms with Gasteiger partial charge in [0.1, 0.15) is 0 Å². The summed E-state index contributed by atoms with van der Waals surface area (Å²) in [5.74, 6) is -0.576. The number of rotatable bonds is 3. The van der Waals surface area contributed by atoms with Crippen LogP contribution in [0.2, 0.25) is 0 Å². The smallest absolute Gasteiger partial charge is 0.306 e. The lowest BCUT2D eigenvalue weighted by Crippen LogP contribution is -2.51. The van der Waals surface area contributed by atoms with E-state index in [0.29, 0.717) is 12.0 Å². The Morgan fingerprint density at radius 1 is 1.47 bits per heavy atom. The van der Waals surface area contributed by atoms with Crippen LogP contribution in [-0.2, 0) is 11.2 Å². The normalized spacial score (nSPS) is 24.8. The highest BCUT2D eigenvalue weighted by molar-refractivity contribution is 9.10. The number of nitrogens with zero attached hydrogens (tertiary/aromatic N) is 1. The van der Waals surface area contributed by atoms with E-state index in [4.69, 9.17) is 5.11 Å². The molecule has 0 saturated carbocycles. The van der Waals surface area contributed by atoms with Gasteiger partial charge >= 0.3 is 5.97 Å². The highest BCUT2D eigenvalue weighted by Crippen LogP contribution is 2.42. The second-order valence-corrected chi connectivity index (χ2v) is 6.56. The molecule has 4 heteroatoms. The molecule has 3 nitrogen and oxygen atoms in total. The van der Waals surface area contributed by atoms with Gasteiger partial charge in [0.2, 0.25) is 0 Å². The number of hydrogen-bond donors (Lipinski definition) is 1. The molecular weight excluding hydrogens is 306 g/mol. The average molecular weight is 324 g/mol. The first-order valence-electron chi connectivity index (χ1n) is 6.82. The molecule has 0 radical (unpaired) electrons. The lowest BCUT2D eigenvalue weighted by molar-refractivity contribution is -0.146. The van der Waals surface area contributed by atoms with Crippen molar-refractivity contribution < 1.29 is 9.90 Å². The third-order valence-electron chi connectivity index (χ3n) is 4.66. The summed E-state index contributed by atoms with van der Waals surface area (Å²) in [7, 11) is 0. The van der Waals surface area contributed by atoms with Gasteiger partial charge in [-0.15, -0.1) is 0 Å². The molecule has 1 N–H and O–H groups in total. The lowest BCUT2D eigenvalue weighted by Gasteiger charge is -2.45. The van der Waals surface area contributed by atoms with E-state index in [2.05, 4.69) is 39.0 Å². The van der Waals surface area contributed by atoms with E-state index in [9.17, 15) is 4.79 Å². The van der Waals surface area contributed by atoms with Crippen LogP contribution >= 0.6 is 15.9 Å². The number of likely N-dealkylation sites (tertiary alicyclic amines) is 1. The summed E-state index contributed by atoms with van der Waals surface area (Å²) in [5, 5.41) is 9.04. The largest absolute Gasteiger partial charge is 0.481 e. The van der Waals surface area contributed by atoms with E-state index in [1.54, 1.807) is 0 Å². The number of aliphatic carboxylic acids is 1. The number of hydrogen-bond acceptors (Lipinski definition) is 2. The minimum atomic E-state index is -0.667. The van der Waals surface area contributed by atoms with E-state index in [1.165, 1.54) is 15.6 Å². The lowest BCUT2D eigenvalue weighted by atomic mass is 9.85. The molecule has 1 aliphatic heterocycles. The van der Waals surface area contributed by atoms with Gasteiger partial charge in [-0.05, 0) is 36.0 Å². The second-order valence-electron chi connectivity index (χ2n) is 5.70. The minimum Gasteiger partial charge on any atom is -0.481 e. The molecule has 19 heavy (non-hydrogen) atoms. The van der Waals surface area contributed by atoms with E-state index >= 15 is 0 Å². The predicted molar refractivity (Wildman–Crippen MR) is 77.1 cm³/mol. The van der Waals surface area contributed by atoms with Gasteiger partial charge in [0, 0.05) is 23.6 Å². The van der Waals surface area contributed by atoms with Crippen LogP contribution < -0.4 is 0 Å². The van der Waals surface area contributed by atoms with Crippen molar-refractivity contribution in [2.75, 3.05) is 13.1 Å². The van der Waals surface area contributed by atoms with Gasteiger partial charge in [-0.1, -0.05) is 35.0 Å². The molecular formula is C15H18BrNO2. The van der Waals surface area contributed by atoms with E-state index in [1.807, 2.05) is 6.92 Å². The van der Waals surface area contributed by atoms with Crippen LogP contribution in [0.1, 0.15) is 30.5 Å². The number of fused-ring (bicyclic) bond motifs is 1. The number of carbonyl (C=O) groups is 1. The summed E-state index contributed by atoms with van der Waals surface area (Å²) < 4.78 is 1.21. The fourth-order valence-corrected chi connectivity index (χ4v) is 3.87. The maximum Gasteiger partial charge on any atom is 0.306 e. The van der Waals surface area contributed by atoms with Crippen molar-refractivity contribution in [1.29, 1.82) is 0 Å². The Morgan fingerprint density at radius 2 is 2.21 bits per heavy atom. The Bertz CT molecular complexity index is 511. The molecule has 3 rings (SSSR count). The van der Waals surface area contributed by atoms with Crippen LogP contribution in [0.15, 0.2) is 22.7 Å². The molecule has 0 bridgehead atoms. The van der Waals surface area contributed by atoms with Crippen LogP contribution in [0.5, 0.6) is 0 Å². The first-order chi connectivity index (χ1) is 9.08. The molecule has 0 amide bonds. The van der Waals surface area contributed by atoms with Gasteiger partial charge in [0.05, 0.1) is 5.92 Å². The highest BCUT2D eigenvalue weighted by atomic mass is 79.9. The molecule has 1 heterocycles. The highest BCUT2D eigenvalue weighted by Gasteiger charge is 2.40. The predicted octanol–water partition coefficient (Wildman–Crippen LogP) is 3.09. The van der Waals surface area contributed by atoms with Crippen LogP contribution in [0.3, 0.4) is 0 Å². The second kappa shape index (κ2) is 4.91. The molecule has 1 saturated heterocycles. The Kier molecular flexibility index (Phi) is 3.39. The molecule has 1 aliphatic carbocycles. The van der Waals surface area contributed by atoms with Crippen LogP contribution in [0, 0.1) is 11.8 Å². The van der Waals surface area contributed by atoms with Gasteiger partial charge in [-0.2, -0.15) is 0 Å². The molecule has 0 aromatic heterocycles. The zero-order valence-corrected chi connectivity index (χ0v) is 12.6.